The van der Waals surface area contributed by atoms with E-state index in [4.69, 9.17) is 5.26 Å². The zero-order chi connectivity index (χ0) is 12.1. The van der Waals surface area contributed by atoms with Crippen LogP contribution in [0.1, 0.15) is 16.7 Å². The Labute approximate surface area is 108 Å². The lowest BCUT2D eigenvalue weighted by atomic mass is 10.0. The molecule has 0 saturated heterocycles. The number of carbonyl (C=O) groups excluding carboxylic acids is 1. The number of halogens is 1. The molecular formula is C11H10BrNO2S. The van der Waals surface area contributed by atoms with Crippen molar-refractivity contribution in [3.8, 4) is 6.07 Å². The van der Waals surface area contributed by atoms with Crippen molar-refractivity contribution in [2.24, 2.45) is 0 Å². The van der Waals surface area contributed by atoms with Gasteiger partial charge in [0.15, 0.2) is 0 Å². The number of thiol groups is 1. The van der Waals surface area contributed by atoms with Gasteiger partial charge in [0.25, 0.3) is 0 Å². The van der Waals surface area contributed by atoms with Crippen molar-refractivity contribution in [2.75, 3.05) is 7.11 Å². The molecule has 0 aliphatic heterocycles. The number of alkyl halides is 1. The summed E-state index contributed by atoms with van der Waals surface area (Å²) in [7, 11) is 1.34. The molecule has 0 unspecified atom stereocenters. The third kappa shape index (κ3) is 3.00. The van der Waals surface area contributed by atoms with Crippen molar-refractivity contribution in [1.29, 1.82) is 5.26 Å². The van der Waals surface area contributed by atoms with Gasteiger partial charge in [0, 0.05) is 10.2 Å². The molecule has 0 amide bonds. The molecule has 5 heteroatoms. The van der Waals surface area contributed by atoms with E-state index in [9.17, 15) is 4.79 Å². The number of nitrogens with zero attached hydrogens (tertiary/aromatic N) is 1. The van der Waals surface area contributed by atoms with Gasteiger partial charge in [-0.3, -0.25) is 4.79 Å². The van der Waals surface area contributed by atoms with Crippen molar-refractivity contribution in [3.63, 3.8) is 0 Å². The van der Waals surface area contributed by atoms with E-state index < -0.39 is 0 Å². The quantitative estimate of drug-likeness (QED) is 0.530. The zero-order valence-corrected chi connectivity index (χ0v) is 11.1. The second-order valence-corrected chi connectivity index (χ2v) is 4.18. The van der Waals surface area contributed by atoms with E-state index in [0.717, 1.165) is 11.1 Å². The summed E-state index contributed by atoms with van der Waals surface area (Å²) in [5.74, 6) is -0.321. The number of benzene rings is 1. The smallest absolute Gasteiger partial charge is 0.309 e. The summed E-state index contributed by atoms with van der Waals surface area (Å²) in [5.41, 5.74) is 2.19. The van der Waals surface area contributed by atoms with E-state index in [1.807, 2.05) is 6.07 Å². The van der Waals surface area contributed by atoms with Gasteiger partial charge in [0.2, 0.25) is 0 Å². The van der Waals surface area contributed by atoms with Crippen molar-refractivity contribution in [1.82, 2.24) is 0 Å². The van der Waals surface area contributed by atoms with Crippen molar-refractivity contribution in [2.45, 2.75) is 16.6 Å². The summed E-state index contributed by atoms with van der Waals surface area (Å²) >= 11 is 7.53. The normalized spacial score (nSPS) is 9.62. The summed E-state index contributed by atoms with van der Waals surface area (Å²) in [5, 5.41) is 9.48. The van der Waals surface area contributed by atoms with E-state index in [1.165, 1.54) is 7.11 Å². The van der Waals surface area contributed by atoms with E-state index >= 15 is 0 Å². The molecule has 0 heterocycles. The highest BCUT2D eigenvalue weighted by Gasteiger charge is 2.11. The molecule has 0 aliphatic rings. The van der Waals surface area contributed by atoms with E-state index in [0.29, 0.717) is 15.8 Å². The zero-order valence-electron chi connectivity index (χ0n) is 8.66. The van der Waals surface area contributed by atoms with Crippen LogP contribution in [0, 0.1) is 11.3 Å². The minimum atomic E-state index is -0.321. The predicted octanol–water partition coefficient (Wildman–Crippen LogP) is 2.46. The van der Waals surface area contributed by atoms with Crippen LogP contribution >= 0.6 is 28.6 Å². The molecule has 84 valence electrons. The van der Waals surface area contributed by atoms with Gasteiger partial charge in [-0.2, -0.15) is 5.26 Å². The molecule has 0 fully saturated rings. The molecule has 0 N–H and O–H groups in total. The van der Waals surface area contributed by atoms with Crippen LogP contribution in [0.15, 0.2) is 17.0 Å². The fourth-order valence-corrected chi connectivity index (χ4v) is 2.07. The van der Waals surface area contributed by atoms with Crippen molar-refractivity contribution < 1.29 is 9.53 Å². The first-order valence-electron chi connectivity index (χ1n) is 4.50. The monoisotopic (exact) mass is 299 g/mol. The second kappa shape index (κ2) is 5.92. The van der Waals surface area contributed by atoms with Crippen LogP contribution in [-0.4, -0.2) is 13.1 Å². The number of rotatable bonds is 3. The van der Waals surface area contributed by atoms with Gasteiger partial charge >= 0.3 is 5.97 Å². The Morgan fingerprint density at radius 1 is 1.56 bits per heavy atom. The highest BCUT2D eigenvalue weighted by atomic mass is 79.9. The summed E-state index contributed by atoms with van der Waals surface area (Å²) in [6.45, 7) is 0. The number of carbonyl (C=O) groups is 1. The molecule has 0 radical (unpaired) electrons. The van der Waals surface area contributed by atoms with Gasteiger partial charge < -0.3 is 4.74 Å². The largest absolute Gasteiger partial charge is 0.469 e. The highest BCUT2D eigenvalue weighted by molar-refractivity contribution is 9.08. The minimum Gasteiger partial charge on any atom is -0.469 e. The molecule has 0 aliphatic carbocycles. The van der Waals surface area contributed by atoms with Crippen LogP contribution in [-0.2, 0) is 21.3 Å². The topological polar surface area (TPSA) is 50.1 Å². The molecule has 1 rings (SSSR count). The third-order valence-corrected chi connectivity index (χ3v) is 3.12. The van der Waals surface area contributed by atoms with E-state index in [2.05, 4.69) is 33.3 Å². The Kier molecular flexibility index (Phi) is 4.84. The molecule has 0 bridgehead atoms. The highest BCUT2D eigenvalue weighted by Crippen LogP contribution is 2.22. The van der Waals surface area contributed by atoms with Gasteiger partial charge in [-0.25, -0.2) is 0 Å². The molecular weight excluding hydrogens is 290 g/mol. The van der Waals surface area contributed by atoms with Crippen LogP contribution in [0.25, 0.3) is 0 Å². The summed E-state index contributed by atoms with van der Waals surface area (Å²) in [4.78, 5) is 11.8. The number of ether oxygens (including phenoxy) is 1. The van der Waals surface area contributed by atoms with Crippen LogP contribution in [0.2, 0.25) is 0 Å². The van der Waals surface area contributed by atoms with Gasteiger partial charge in [0.05, 0.1) is 19.1 Å². The van der Waals surface area contributed by atoms with Crippen molar-refractivity contribution >= 4 is 34.5 Å². The molecule has 16 heavy (non-hydrogen) atoms. The Balaban J connectivity index is 3.15. The molecule has 3 nitrogen and oxygen atoms in total. The first-order chi connectivity index (χ1) is 7.62. The average Bonchev–Trinajstić information content (AvgIpc) is 2.30. The maximum atomic E-state index is 11.2. The standard InChI is InChI=1S/C11H10BrNO2S/c1-15-11(14)4-7-2-9(6-13)10(16)3-8(7)5-12/h2-3,16H,4-5H2,1H3. The Bertz CT molecular complexity index is 454. The summed E-state index contributed by atoms with van der Waals surface area (Å²) in [6, 6.07) is 5.50. The van der Waals surface area contributed by atoms with Crippen molar-refractivity contribution in [3.05, 3.63) is 28.8 Å². The lowest BCUT2D eigenvalue weighted by Crippen LogP contribution is -2.07. The molecule has 1 aromatic carbocycles. The Morgan fingerprint density at radius 2 is 2.25 bits per heavy atom. The van der Waals surface area contributed by atoms with Crippen LogP contribution in [0.4, 0.5) is 0 Å². The number of nitriles is 1. The molecule has 1 aromatic rings. The fraction of sp³-hybridized carbons (Fsp3) is 0.273. The number of methoxy groups -OCH3 is 1. The van der Waals surface area contributed by atoms with Gasteiger partial charge in [-0.05, 0) is 23.3 Å². The third-order valence-electron chi connectivity index (χ3n) is 2.14. The predicted molar refractivity (Wildman–Crippen MR) is 66.8 cm³/mol. The Hall–Kier alpha value is -0.990. The number of hydrogen-bond acceptors (Lipinski definition) is 4. The fourth-order valence-electron chi connectivity index (χ4n) is 1.28. The summed E-state index contributed by atoms with van der Waals surface area (Å²) < 4.78 is 4.60. The van der Waals surface area contributed by atoms with E-state index in [-0.39, 0.29) is 12.4 Å². The number of hydrogen-bond donors (Lipinski definition) is 1. The van der Waals surface area contributed by atoms with Crippen LogP contribution < -0.4 is 0 Å². The van der Waals surface area contributed by atoms with Crippen LogP contribution in [0.5, 0.6) is 0 Å². The maximum Gasteiger partial charge on any atom is 0.309 e. The molecule has 0 atom stereocenters. The molecule has 0 aromatic heterocycles. The molecule has 0 spiro atoms. The first kappa shape index (κ1) is 13.1. The molecule has 0 saturated carbocycles. The Morgan fingerprint density at radius 3 is 2.75 bits per heavy atom. The van der Waals surface area contributed by atoms with Crippen LogP contribution in [0.3, 0.4) is 0 Å². The van der Waals surface area contributed by atoms with Gasteiger partial charge in [-0.15, -0.1) is 12.6 Å². The maximum absolute atomic E-state index is 11.2. The minimum absolute atomic E-state index is 0.167. The number of esters is 1. The van der Waals surface area contributed by atoms with Gasteiger partial charge in [-0.1, -0.05) is 15.9 Å². The average molecular weight is 300 g/mol. The SMILES string of the molecule is COC(=O)Cc1cc(C#N)c(S)cc1CBr. The lowest BCUT2D eigenvalue weighted by Gasteiger charge is -2.08. The second-order valence-electron chi connectivity index (χ2n) is 3.14. The van der Waals surface area contributed by atoms with E-state index in [1.54, 1.807) is 12.1 Å². The first-order valence-corrected chi connectivity index (χ1v) is 6.07. The lowest BCUT2D eigenvalue weighted by molar-refractivity contribution is -0.139. The summed E-state index contributed by atoms with van der Waals surface area (Å²) in [6.07, 6.45) is 0.167. The van der Waals surface area contributed by atoms with Gasteiger partial charge in [0.1, 0.15) is 6.07 Å².